The van der Waals surface area contributed by atoms with E-state index in [9.17, 15) is 0 Å². The Labute approximate surface area is 344 Å². The molecule has 0 N–H and O–H groups in total. The molecule has 0 nitrogen and oxygen atoms in total. The Hall–Kier alpha value is -3.78. The summed E-state index contributed by atoms with van der Waals surface area (Å²) in [6, 6.07) is 57.3. The second-order valence-electron chi connectivity index (χ2n) is 13.4. The van der Waals surface area contributed by atoms with Gasteiger partial charge in [0.25, 0.3) is 0 Å². The molecule has 0 aromatic heterocycles. The van der Waals surface area contributed by atoms with Crippen LogP contribution >= 0.6 is 17.0 Å². The summed E-state index contributed by atoms with van der Waals surface area (Å²) in [5.41, 5.74) is 16.1. The van der Waals surface area contributed by atoms with Crippen LogP contribution in [0.3, 0.4) is 0 Å². The van der Waals surface area contributed by atoms with Crippen molar-refractivity contribution in [3.8, 4) is 44.5 Å². The van der Waals surface area contributed by atoms with Crippen LogP contribution in [0.1, 0.15) is 36.1 Å². The standard InChI is InChI=1S/2C24H21.C2H6Si.2ClH.Zr/c2*1-3-18-9-7-8-12-21(18)24-22(19-10-5-4-6-11-19)14-13-20-15-17(2)16-23(20)24;1-3-2;;;/h2*4-16H,3H2,1-2H3;1-2H3;2*1H;/q2*-1;;;;+4/p-2. The summed E-state index contributed by atoms with van der Waals surface area (Å²) >= 11 is -0.826. The van der Waals surface area contributed by atoms with E-state index in [2.05, 4.69) is 199 Å². The molecule has 0 heterocycles. The maximum atomic E-state index is 4.93. The van der Waals surface area contributed by atoms with Crippen molar-refractivity contribution in [3.05, 3.63) is 180 Å². The summed E-state index contributed by atoms with van der Waals surface area (Å²) in [7, 11) is 11.0. The van der Waals surface area contributed by atoms with Gasteiger partial charge >= 0.3 is 37.9 Å². The molecule has 0 aliphatic heterocycles. The zero-order valence-electron chi connectivity index (χ0n) is 32.2. The number of benzene rings is 6. The zero-order chi connectivity index (χ0) is 38.5. The number of fused-ring (bicyclic) bond motifs is 2. The van der Waals surface area contributed by atoms with Gasteiger partial charge in [0, 0.05) is 9.52 Å². The molecule has 4 heteroatoms. The Balaban J connectivity index is 0.000000182. The number of halogens is 2. The fraction of sp³-hybridized carbons (Fsp3) is 0.160. The third-order valence-electron chi connectivity index (χ3n) is 9.57. The van der Waals surface area contributed by atoms with Crippen LogP contribution in [0.4, 0.5) is 0 Å². The molecular formula is C50H48Cl2SiZr. The number of hydrogen-bond donors (Lipinski definition) is 0. The molecule has 0 atom stereocenters. The van der Waals surface area contributed by atoms with E-state index in [1.54, 1.807) is 0 Å². The molecule has 0 aliphatic rings. The second kappa shape index (κ2) is 20.8. The van der Waals surface area contributed by atoms with Gasteiger partial charge in [0.15, 0.2) is 0 Å². The van der Waals surface area contributed by atoms with Gasteiger partial charge in [-0.25, -0.2) is 0 Å². The van der Waals surface area contributed by atoms with Crippen LogP contribution in [0, 0.1) is 13.8 Å². The van der Waals surface area contributed by atoms with Crippen molar-refractivity contribution < 1.29 is 20.8 Å². The van der Waals surface area contributed by atoms with E-state index in [0.29, 0.717) is 0 Å². The molecule has 54 heavy (non-hydrogen) atoms. The van der Waals surface area contributed by atoms with Crippen molar-refractivity contribution in [2.45, 2.75) is 53.6 Å². The van der Waals surface area contributed by atoms with E-state index < -0.39 is 20.8 Å². The van der Waals surface area contributed by atoms with E-state index in [4.69, 9.17) is 17.0 Å². The van der Waals surface area contributed by atoms with E-state index in [1.165, 1.54) is 88.3 Å². The Morgan fingerprint density at radius 2 is 0.815 bits per heavy atom. The topological polar surface area (TPSA) is 0 Å². The van der Waals surface area contributed by atoms with Gasteiger partial charge in [0.05, 0.1) is 0 Å². The van der Waals surface area contributed by atoms with E-state index in [0.717, 1.165) is 22.4 Å². The first-order chi connectivity index (χ1) is 26.4. The molecule has 8 aromatic rings. The minimum atomic E-state index is -0.826. The van der Waals surface area contributed by atoms with E-state index in [1.807, 2.05) is 0 Å². The van der Waals surface area contributed by atoms with Crippen molar-refractivity contribution in [1.82, 2.24) is 0 Å². The van der Waals surface area contributed by atoms with Gasteiger partial charge in [-0.2, -0.15) is 12.1 Å². The SMILES string of the molecule is CCc1ccccc1-c1c(-c2ccccc2)ccc2[cH-]c(C)cc12.CCc1ccccc1-c1c(-c2ccccc2)ccc2[cH-]c(C)cc12.C[Si]C.[Cl][Zr+2][Cl]. The van der Waals surface area contributed by atoms with Gasteiger partial charge < -0.3 is 0 Å². The first-order valence-electron chi connectivity index (χ1n) is 18.6. The molecule has 0 amide bonds. The quantitative estimate of drug-likeness (QED) is 0.116. The molecule has 0 saturated heterocycles. The van der Waals surface area contributed by atoms with Crippen molar-refractivity contribution in [2.24, 2.45) is 0 Å². The number of aryl methyl sites for hydroxylation is 4. The molecular weight excluding hydrogens is 791 g/mol. The zero-order valence-corrected chi connectivity index (χ0v) is 37.2. The molecule has 0 bridgehead atoms. The first kappa shape index (κ1) is 41.4. The van der Waals surface area contributed by atoms with Crippen molar-refractivity contribution in [1.29, 1.82) is 0 Å². The van der Waals surface area contributed by atoms with Crippen molar-refractivity contribution >= 4 is 48.1 Å². The third kappa shape index (κ3) is 9.90. The maximum absolute atomic E-state index is 4.93. The summed E-state index contributed by atoms with van der Waals surface area (Å²) in [6.07, 6.45) is 2.08. The molecule has 8 rings (SSSR count). The van der Waals surface area contributed by atoms with Gasteiger partial charge in [-0.15, -0.1) is 56.9 Å². The Bertz CT molecular complexity index is 2200. The minimum absolute atomic E-state index is 0.826. The van der Waals surface area contributed by atoms with Gasteiger partial charge in [0.1, 0.15) is 0 Å². The summed E-state index contributed by atoms with van der Waals surface area (Å²) < 4.78 is 0. The summed E-state index contributed by atoms with van der Waals surface area (Å²) in [5, 5.41) is 5.37. The molecule has 0 saturated carbocycles. The van der Waals surface area contributed by atoms with Gasteiger partial charge in [-0.05, 0) is 57.3 Å². The second-order valence-corrected chi connectivity index (χ2v) is 18.1. The van der Waals surface area contributed by atoms with E-state index in [-0.39, 0.29) is 0 Å². The monoisotopic (exact) mass is 836 g/mol. The van der Waals surface area contributed by atoms with Gasteiger partial charge in [0.2, 0.25) is 0 Å². The van der Waals surface area contributed by atoms with Crippen LogP contribution < -0.4 is 0 Å². The number of rotatable bonds is 6. The van der Waals surface area contributed by atoms with Crippen molar-refractivity contribution in [2.75, 3.05) is 0 Å². The number of hydrogen-bond acceptors (Lipinski definition) is 0. The molecule has 0 aliphatic carbocycles. The van der Waals surface area contributed by atoms with Gasteiger partial charge in [-0.3, -0.25) is 0 Å². The Morgan fingerprint density at radius 3 is 1.17 bits per heavy atom. The Kier molecular flexibility index (Phi) is 15.9. The fourth-order valence-corrected chi connectivity index (χ4v) is 7.31. The van der Waals surface area contributed by atoms with Crippen LogP contribution in [-0.4, -0.2) is 9.52 Å². The summed E-state index contributed by atoms with van der Waals surface area (Å²) in [5.74, 6) is 0. The van der Waals surface area contributed by atoms with E-state index >= 15 is 0 Å². The van der Waals surface area contributed by atoms with Gasteiger partial charge in [-0.1, -0.05) is 173 Å². The average molecular weight is 839 g/mol. The average Bonchev–Trinajstić information content (AvgIpc) is 3.79. The van der Waals surface area contributed by atoms with Crippen LogP contribution in [-0.2, 0) is 33.7 Å². The summed E-state index contributed by atoms with van der Waals surface area (Å²) in [4.78, 5) is 0. The van der Waals surface area contributed by atoms with Crippen molar-refractivity contribution in [3.63, 3.8) is 0 Å². The summed E-state index contributed by atoms with van der Waals surface area (Å²) in [6.45, 7) is 13.1. The molecule has 0 spiro atoms. The third-order valence-corrected chi connectivity index (χ3v) is 9.57. The Morgan fingerprint density at radius 1 is 0.481 bits per heavy atom. The molecule has 2 radical (unpaired) electrons. The first-order valence-corrected chi connectivity index (χ1v) is 26.9. The van der Waals surface area contributed by atoms with Crippen LogP contribution in [0.5, 0.6) is 0 Å². The molecule has 270 valence electrons. The normalized spacial score (nSPS) is 10.4. The predicted molar refractivity (Wildman–Crippen MR) is 238 cm³/mol. The molecule has 0 unspecified atom stereocenters. The van der Waals surface area contributed by atoms with Crippen LogP contribution in [0.15, 0.2) is 158 Å². The predicted octanol–water partition coefficient (Wildman–Crippen LogP) is 15.7. The fourth-order valence-electron chi connectivity index (χ4n) is 7.31. The van der Waals surface area contributed by atoms with Crippen LogP contribution in [0.2, 0.25) is 13.1 Å². The van der Waals surface area contributed by atoms with Crippen LogP contribution in [0.25, 0.3) is 66.1 Å². The molecule has 8 aromatic carbocycles. The molecule has 0 fully saturated rings.